The Morgan fingerprint density at radius 3 is 1.97 bits per heavy atom. The van der Waals surface area contributed by atoms with Crippen molar-refractivity contribution in [2.45, 2.75) is 26.9 Å². The monoisotopic (exact) mass is 442 g/mol. The first-order valence-electron chi connectivity index (χ1n) is 11.8. The molecule has 0 heterocycles. The van der Waals surface area contributed by atoms with Crippen LogP contribution in [-0.4, -0.2) is 5.97 Å². The third-order valence-electron chi connectivity index (χ3n) is 6.76. The van der Waals surface area contributed by atoms with Gasteiger partial charge in [-0.15, -0.1) is 0 Å². The molecule has 0 amide bonds. The molecular weight excluding hydrogens is 416 g/mol. The number of fused-ring (bicyclic) bond motifs is 1. The minimum Gasteiger partial charge on any atom is -0.452 e. The number of rotatable bonds is 3. The van der Waals surface area contributed by atoms with Crippen LogP contribution >= 0.6 is 0 Å². The van der Waals surface area contributed by atoms with Crippen LogP contribution in [-0.2, 0) is 9.53 Å². The van der Waals surface area contributed by atoms with E-state index >= 15 is 0 Å². The molecule has 0 aliphatic carbocycles. The van der Waals surface area contributed by atoms with Crippen LogP contribution in [0, 0.1) is 5.41 Å². The molecule has 6 rings (SSSR count). The van der Waals surface area contributed by atoms with E-state index in [0.717, 1.165) is 21.9 Å². The van der Waals surface area contributed by atoms with E-state index in [1.54, 1.807) is 0 Å². The Morgan fingerprint density at radius 2 is 1.24 bits per heavy atom. The van der Waals surface area contributed by atoms with Gasteiger partial charge in [-0.25, -0.2) is 0 Å². The largest absolute Gasteiger partial charge is 0.452 e. The molecule has 6 aromatic carbocycles. The maximum absolute atomic E-state index is 13.1. The molecule has 0 aliphatic heterocycles. The van der Waals surface area contributed by atoms with Gasteiger partial charge in [0.05, 0.1) is 5.41 Å². The molecule has 0 aliphatic rings. The van der Waals surface area contributed by atoms with Crippen LogP contribution < -0.4 is 0 Å². The van der Waals surface area contributed by atoms with E-state index in [-0.39, 0.29) is 5.97 Å². The van der Waals surface area contributed by atoms with E-state index in [1.165, 1.54) is 32.3 Å². The second-order valence-corrected chi connectivity index (χ2v) is 10.2. The molecule has 0 spiro atoms. The molecule has 0 saturated heterocycles. The molecule has 2 nitrogen and oxygen atoms in total. The molecule has 0 saturated carbocycles. The van der Waals surface area contributed by atoms with Gasteiger partial charge in [0.15, 0.2) is 6.10 Å². The SMILES string of the molecule is CC(C)(C)C(=O)OC(c1ccc2ccccc2c1)c1ccc2ccc3cccc4ccc1c2c34. The van der Waals surface area contributed by atoms with Crippen molar-refractivity contribution in [3.63, 3.8) is 0 Å². The quantitative estimate of drug-likeness (QED) is 0.203. The molecule has 0 radical (unpaired) electrons. The van der Waals surface area contributed by atoms with Crippen molar-refractivity contribution in [2.75, 3.05) is 0 Å². The van der Waals surface area contributed by atoms with Crippen LogP contribution in [0.3, 0.4) is 0 Å². The summed E-state index contributed by atoms with van der Waals surface area (Å²) in [5, 5.41) is 9.56. The summed E-state index contributed by atoms with van der Waals surface area (Å²) in [5.74, 6) is -0.212. The minimum atomic E-state index is -0.598. The van der Waals surface area contributed by atoms with Crippen LogP contribution in [0.5, 0.6) is 0 Å². The van der Waals surface area contributed by atoms with Crippen molar-refractivity contribution in [1.82, 2.24) is 0 Å². The lowest BCUT2D eigenvalue weighted by Gasteiger charge is -2.26. The van der Waals surface area contributed by atoms with E-state index in [0.29, 0.717) is 0 Å². The van der Waals surface area contributed by atoms with Gasteiger partial charge in [0.25, 0.3) is 0 Å². The smallest absolute Gasteiger partial charge is 0.312 e. The van der Waals surface area contributed by atoms with Gasteiger partial charge in [-0.1, -0.05) is 91.0 Å². The first-order chi connectivity index (χ1) is 16.4. The van der Waals surface area contributed by atoms with Crippen molar-refractivity contribution in [3.05, 3.63) is 108 Å². The molecule has 2 heteroatoms. The summed E-state index contributed by atoms with van der Waals surface area (Å²) in [4.78, 5) is 13.1. The molecule has 0 bridgehead atoms. The molecule has 34 heavy (non-hydrogen) atoms. The Bertz CT molecular complexity index is 1670. The average Bonchev–Trinajstić information content (AvgIpc) is 2.85. The first-order valence-corrected chi connectivity index (χ1v) is 11.8. The summed E-state index contributed by atoms with van der Waals surface area (Å²) in [6, 6.07) is 34.1. The zero-order valence-corrected chi connectivity index (χ0v) is 19.6. The molecule has 1 unspecified atom stereocenters. The number of esters is 1. The summed E-state index contributed by atoms with van der Waals surface area (Å²) >= 11 is 0. The number of carbonyl (C=O) groups is 1. The standard InChI is InChI=1S/C32H26O2/c1-32(2,3)31(33)34-30(25-14-11-20-7-4-5-8-24(20)19-25)27-18-16-23-13-12-21-9-6-10-22-15-17-26(27)29(23)28(21)22/h4-19,30H,1-3H3. The first kappa shape index (κ1) is 20.7. The lowest BCUT2D eigenvalue weighted by molar-refractivity contribution is -0.157. The number of hydrogen-bond donors (Lipinski definition) is 0. The van der Waals surface area contributed by atoms with Crippen molar-refractivity contribution >= 4 is 49.1 Å². The number of ether oxygens (including phenoxy) is 1. The molecular formula is C32H26O2. The Kier molecular flexibility index (Phi) is 4.60. The minimum absolute atomic E-state index is 0.212. The van der Waals surface area contributed by atoms with E-state index in [2.05, 4.69) is 84.9 Å². The van der Waals surface area contributed by atoms with Crippen molar-refractivity contribution in [3.8, 4) is 0 Å². The van der Waals surface area contributed by atoms with Crippen LogP contribution in [0.1, 0.15) is 38.0 Å². The highest BCUT2D eigenvalue weighted by atomic mass is 16.5. The Balaban J connectivity index is 1.62. The molecule has 0 aromatic heterocycles. The number of hydrogen-bond acceptors (Lipinski definition) is 2. The average molecular weight is 443 g/mol. The summed E-state index contributed by atoms with van der Waals surface area (Å²) in [7, 11) is 0. The molecule has 166 valence electrons. The predicted molar refractivity (Wildman–Crippen MR) is 141 cm³/mol. The summed E-state index contributed by atoms with van der Waals surface area (Å²) < 4.78 is 6.29. The molecule has 0 N–H and O–H groups in total. The van der Waals surface area contributed by atoms with E-state index in [1.807, 2.05) is 32.9 Å². The zero-order valence-electron chi connectivity index (χ0n) is 19.6. The van der Waals surface area contributed by atoms with Crippen molar-refractivity contribution < 1.29 is 9.53 Å². The Morgan fingerprint density at radius 1 is 0.647 bits per heavy atom. The molecule has 0 fully saturated rings. The van der Waals surface area contributed by atoms with Gasteiger partial charge in [0.2, 0.25) is 0 Å². The van der Waals surface area contributed by atoms with Crippen LogP contribution in [0.4, 0.5) is 0 Å². The van der Waals surface area contributed by atoms with Gasteiger partial charge < -0.3 is 4.74 Å². The normalized spacial score (nSPS) is 13.1. The van der Waals surface area contributed by atoms with E-state index < -0.39 is 11.5 Å². The Labute approximate surface area is 199 Å². The van der Waals surface area contributed by atoms with Gasteiger partial charge in [-0.3, -0.25) is 4.79 Å². The summed E-state index contributed by atoms with van der Waals surface area (Å²) in [5.41, 5.74) is 1.39. The number of benzene rings is 6. The van der Waals surface area contributed by atoms with Gasteiger partial charge in [-0.05, 0) is 75.5 Å². The van der Waals surface area contributed by atoms with Gasteiger partial charge in [0.1, 0.15) is 0 Å². The fourth-order valence-corrected chi connectivity index (χ4v) is 4.95. The van der Waals surface area contributed by atoms with Gasteiger partial charge >= 0.3 is 5.97 Å². The fraction of sp³-hybridized carbons (Fsp3) is 0.156. The zero-order chi connectivity index (χ0) is 23.4. The fourth-order valence-electron chi connectivity index (χ4n) is 4.95. The van der Waals surface area contributed by atoms with Crippen LogP contribution in [0.2, 0.25) is 0 Å². The maximum Gasteiger partial charge on any atom is 0.312 e. The Hall–Kier alpha value is -3.91. The van der Waals surface area contributed by atoms with Gasteiger partial charge in [-0.2, -0.15) is 0 Å². The van der Waals surface area contributed by atoms with Crippen molar-refractivity contribution in [1.29, 1.82) is 0 Å². The van der Waals surface area contributed by atoms with E-state index in [4.69, 9.17) is 4.74 Å². The summed E-state index contributed by atoms with van der Waals surface area (Å²) in [6.45, 7) is 5.70. The lowest BCUT2D eigenvalue weighted by Crippen LogP contribution is -2.25. The van der Waals surface area contributed by atoms with Crippen molar-refractivity contribution in [2.24, 2.45) is 5.41 Å². The van der Waals surface area contributed by atoms with Gasteiger partial charge in [0, 0.05) is 5.56 Å². The molecule has 6 aromatic rings. The van der Waals surface area contributed by atoms with Crippen LogP contribution in [0.25, 0.3) is 43.1 Å². The lowest BCUT2D eigenvalue weighted by atomic mass is 9.88. The third-order valence-corrected chi connectivity index (χ3v) is 6.76. The highest BCUT2D eigenvalue weighted by Gasteiger charge is 2.29. The predicted octanol–water partition coefficient (Wildman–Crippen LogP) is 8.42. The van der Waals surface area contributed by atoms with E-state index in [9.17, 15) is 4.79 Å². The highest BCUT2D eigenvalue weighted by Crippen LogP contribution is 2.41. The maximum atomic E-state index is 13.1. The highest BCUT2D eigenvalue weighted by molar-refractivity contribution is 6.23. The second-order valence-electron chi connectivity index (χ2n) is 10.2. The van der Waals surface area contributed by atoms with Crippen LogP contribution in [0.15, 0.2) is 97.1 Å². The number of carbonyl (C=O) groups excluding carboxylic acids is 1. The molecule has 1 atom stereocenters. The second kappa shape index (κ2) is 7.56. The summed E-state index contributed by atoms with van der Waals surface area (Å²) in [6.07, 6.45) is -0.499. The third kappa shape index (κ3) is 3.30. The topological polar surface area (TPSA) is 26.3 Å².